The molecule has 0 aromatic carbocycles. The molecule has 0 fully saturated rings. The van der Waals surface area contributed by atoms with Crippen molar-refractivity contribution in [3.63, 3.8) is 0 Å². The van der Waals surface area contributed by atoms with Crippen molar-refractivity contribution in [1.29, 1.82) is 0 Å². The van der Waals surface area contributed by atoms with E-state index in [9.17, 15) is 9.59 Å². The van der Waals surface area contributed by atoms with Crippen LogP contribution in [0.4, 0.5) is 0 Å². The largest absolute Gasteiger partial charge is 0.359 e. The fraction of sp³-hybridized carbons (Fsp3) is 0.312. The molecule has 1 aliphatic heterocycles. The van der Waals surface area contributed by atoms with Crippen LogP contribution in [0.15, 0.2) is 35.9 Å². The molecule has 2 amide bonds. The van der Waals surface area contributed by atoms with Gasteiger partial charge in [-0.15, -0.1) is 11.3 Å². The number of fused-ring (bicyclic) bond motifs is 1. The second-order valence-corrected chi connectivity index (χ2v) is 6.35. The molecule has 1 atom stereocenters. The lowest BCUT2D eigenvalue weighted by Gasteiger charge is -2.33. The van der Waals surface area contributed by atoms with E-state index in [4.69, 9.17) is 0 Å². The number of nitrogens with one attached hydrogen (secondary N) is 1. The zero-order valence-electron chi connectivity index (χ0n) is 12.8. The first kappa shape index (κ1) is 15.5. The lowest BCUT2D eigenvalue weighted by atomic mass is 10.1. The standard InChI is InChI=1S/C16H18N4O2S/c1-17-15(21)9-13-11-19(10-12-6-7-18-20(12)13)16(22)5-4-14-3-2-8-23-14/h2-8,13H,9-11H2,1H3,(H,17,21)/b5-4+/t13-/m0/s1. The van der Waals surface area contributed by atoms with E-state index < -0.39 is 0 Å². The second kappa shape index (κ2) is 6.78. The molecule has 2 aromatic rings. The van der Waals surface area contributed by atoms with Gasteiger partial charge in [-0.3, -0.25) is 14.3 Å². The molecule has 0 saturated heterocycles. The molecule has 120 valence electrons. The zero-order valence-corrected chi connectivity index (χ0v) is 13.6. The normalized spacial score (nSPS) is 17.3. The van der Waals surface area contributed by atoms with Crippen LogP contribution < -0.4 is 5.32 Å². The number of thiophene rings is 1. The first-order valence-corrected chi connectivity index (χ1v) is 8.29. The highest BCUT2D eigenvalue weighted by Gasteiger charge is 2.28. The Hall–Kier alpha value is -2.41. The Balaban J connectivity index is 1.74. The number of aromatic nitrogens is 2. The molecule has 0 aliphatic carbocycles. The predicted molar refractivity (Wildman–Crippen MR) is 88.7 cm³/mol. The summed E-state index contributed by atoms with van der Waals surface area (Å²) in [5.74, 6) is -0.104. The van der Waals surface area contributed by atoms with Crippen molar-refractivity contribution in [2.75, 3.05) is 13.6 Å². The van der Waals surface area contributed by atoms with Crippen LogP contribution in [-0.4, -0.2) is 40.1 Å². The van der Waals surface area contributed by atoms with Gasteiger partial charge in [0.2, 0.25) is 11.8 Å². The van der Waals surface area contributed by atoms with Gasteiger partial charge in [-0.25, -0.2) is 0 Å². The lowest BCUT2D eigenvalue weighted by Crippen LogP contribution is -2.42. The number of carbonyl (C=O) groups is 2. The summed E-state index contributed by atoms with van der Waals surface area (Å²) in [7, 11) is 1.61. The molecule has 0 unspecified atom stereocenters. The van der Waals surface area contributed by atoms with E-state index in [0.29, 0.717) is 19.5 Å². The third-order valence-corrected chi connectivity index (χ3v) is 4.66. The molecule has 0 radical (unpaired) electrons. The Kier molecular flexibility index (Phi) is 4.57. The number of carbonyl (C=O) groups excluding carboxylic acids is 2. The van der Waals surface area contributed by atoms with Crippen molar-refractivity contribution in [2.24, 2.45) is 0 Å². The van der Waals surface area contributed by atoms with Crippen LogP contribution in [0.5, 0.6) is 0 Å². The average molecular weight is 330 g/mol. The minimum absolute atomic E-state index is 0.0484. The smallest absolute Gasteiger partial charge is 0.247 e. The summed E-state index contributed by atoms with van der Waals surface area (Å²) in [6.07, 6.45) is 5.44. The van der Waals surface area contributed by atoms with Crippen molar-refractivity contribution in [3.8, 4) is 0 Å². The number of amides is 2. The van der Waals surface area contributed by atoms with E-state index >= 15 is 0 Å². The molecular weight excluding hydrogens is 312 g/mol. The van der Waals surface area contributed by atoms with Crippen molar-refractivity contribution >= 4 is 29.2 Å². The van der Waals surface area contributed by atoms with Gasteiger partial charge in [0.15, 0.2) is 0 Å². The molecule has 0 bridgehead atoms. The summed E-state index contributed by atoms with van der Waals surface area (Å²) in [4.78, 5) is 26.9. The van der Waals surface area contributed by atoms with E-state index in [1.807, 2.05) is 34.3 Å². The second-order valence-electron chi connectivity index (χ2n) is 5.37. The summed E-state index contributed by atoms with van der Waals surface area (Å²) in [5.41, 5.74) is 0.947. The van der Waals surface area contributed by atoms with Crippen LogP contribution in [0.2, 0.25) is 0 Å². The molecular formula is C16H18N4O2S. The van der Waals surface area contributed by atoms with E-state index in [-0.39, 0.29) is 17.9 Å². The summed E-state index contributed by atoms with van der Waals surface area (Å²) in [6.45, 7) is 0.994. The molecule has 1 N–H and O–H groups in total. The Morgan fingerprint density at radius 3 is 3.09 bits per heavy atom. The fourth-order valence-corrected chi connectivity index (χ4v) is 3.29. The first-order valence-electron chi connectivity index (χ1n) is 7.41. The number of rotatable bonds is 4. The van der Waals surface area contributed by atoms with Crippen LogP contribution in [0.25, 0.3) is 6.08 Å². The van der Waals surface area contributed by atoms with Gasteiger partial charge < -0.3 is 10.2 Å². The highest BCUT2D eigenvalue weighted by atomic mass is 32.1. The van der Waals surface area contributed by atoms with Gasteiger partial charge in [-0.2, -0.15) is 5.10 Å². The first-order chi connectivity index (χ1) is 11.2. The number of hydrogen-bond acceptors (Lipinski definition) is 4. The van der Waals surface area contributed by atoms with Crippen LogP contribution in [0.3, 0.4) is 0 Å². The quantitative estimate of drug-likeness (QED) is 0.867. The van der Waals surface area contributed by atoms with Gasteiger partial charge in [-0.1, -0.05) is 6.07 Å². The fourth-order valence-electron chi connectivity index (χ4n) is 2.67. The van der Waals surface area contributed by atoms with Gasteiger partial charge in [0.05, 0.1) is 24.7 Å². The van der Waals surface area contributed by atoms with Crippen molar-refractivity contribution in [3.05, 3.63) is 46.4 Å². The van der Waals surface area contributed by atoms with Crippen LogP contribution >= 0.6 is 11.3 Å². The molecule has 7 heteroatoms. The Morgan fingerprint density at radius 2 is 2.35 bits per heavy atom. The molecule has 23 heavy (non-hydrogen) atoms. The molecule has 1 aliphatic rings. The SMILES string of the molecule is CNC(=O)C[C@H]1CN(C(=O)/C=C/c2cccs2)Cc2ccnn21. The minimum atomic E-state index is -0.132. The maximum Gasteiger partial charge on any atom is 0.247 e. The van der Waals surface area contributed by atoms with E-state index in [2.05, 4.69) is 10.4 Å². The number of nitrogens with zero attached hydrogens (tertiary/aromatic N) is 3. The number of hydrogen-bond donors (Lipinski definition) is 1. The maximum atomic E-state index is 12.4. The van der Waals surface area contributed by atoms with Crippen molar-refractivity contribution in [2.45, 2.75) is 19.0 Å². The summed E-state index contributed by atoms with van der Waals surface area (Å²) < 4.78 is 1.85. The van der Waals surface area contributed by atoms with E-state index in [1.54, 1.807) is 35.6 Å². The summed E-state index contributed by atoms with van der Waals surface area (Å²) >= 11 is 1.59. The van der Waals surface area contributed by atoms with E-state index in [1.165, 1.54) is 0 Å². The van der Waals surface area contributed by atoms with Gasteiger partial charge in [-0.05, 0) is 23.6 Å². The van der Waals surface area contributed by atoms with Crippen LogP contribution in [0, 0.1) is 0 Å². The maximum absolute atomic E-state index is 12.4. The molecule has 6 nitrogen and oxygen atoms in total. The monoisotopic (exact) mass is 330 g/mol. The third-order valence-electron chi connectivity index (χ3n) is 3.83. The Labute approximate surface area is 138 Å². The van der Waals surface area contributed by atoms with Gasteiger partial charge in [0.1, 0.15) is 0 Å². The van der Waals surface area contributed by atoms with Gasteiger partial charge in [0.25, 0.3) is 0 Å². The molecule has 2 aromatic heterocycles. The Bertz CT molecular complexity index is 720. The van der Waals surface area contributed by atoms with E-state index in [0.717, 1.165) is 10.6 Å². The van der Waals surface area contributed by atoms with Gasteiger partial charge >= 0.3 is 0 Å². The van der Waals surface area contributed by atoms with Gasteiger partial charge in [0, 0.05) is 30.7 Å². The minimum Gasteiger partial charge on any atom is -0.359 e. The summed E-state index contributed by atoms with van der Waals surface area (Å²) in [6, 6.07) is 5.67. The summed E-state index contributed by atoms with van der Waals surface area (Å²) in [5, 5.41) is 8.89. The highest BCUT2D eigenvalue weighted by molar-refractivity contribution is 7.10. The topological polar surface area (TPSA) is 67.2 Å². The van der Waals surface area contributed by atoms with Crippen LogP contribution in [0.1, 0.15) is 23.0 Å². The highest BCUT2D eigenvalue weighted by Crippen LogP contribution is 2.23. The zero-order chi connectivity index (χ0) is 16.2. The third kappa shape index (κ3) is 3.50. The Morgan fingerprint density at radius 1 is 1.48 bits per heavy atom. The average Bonchev–Trinajstić information content (AvgIpc) is 3.23. The predicted octanol–water partition coefficient (Wildman–Crippen LogP) is 1.68. The molecule has 0 saturated carbocycles. The molecule has 0 spiro atoms. The van der Waals surface area contributed by atoms with Crippen molar-refractivity contribution < 1.29 is 9.59 Å². The lowest BCUT2D eigenvalue weighted by molar-refractivity contribution is -0.129. The van der Waals surface area contributed by atoms with Crippen LogP contribution in [-0.2, 0) is 16.1 Å². The van der Waals surface area contributed by atoms with Crippen molar-refractivity contribution in [1.82, 2.24) is 20.0 Å². The molecule has 3 heterocycles. The molecule has 3 rings (SSSR count).